The van der Waals surface area contributed by atoms with Gasteiger partial charge in [-0.25, -0.2) is 4.98 Å². The van der Waals surface area contributed by atoms with Crippen LogP contribution in [0.15, 0.2) is 30.5 Å². The lowest BCUT2D eigenvalue weighted by Crippen LogP contribution is -1.99. The molecule has 21 heavy (non-hydrogen) atoms. The molecule has 1 aromatic heterocycles. The molecule has 2 aromatic rings. The van der Waals surface area contributed by atoms with E-state index in [9.17, 15) is 0 Å². The first-order valence-electron chi connectivity index (χ1n) is 6.89. The van der Waals surface area contributed by atoms with E-state index >= 15 is 0 Å². The summed E-state index contributed by atoms with van der Waals surface area (Å²) < 4.78 is 11.1. The molecule has 3 rings (SSSR count). The largest absolute Gasteiger partial charge is 0.493 e. The Balaban J connectivity index is 1.94. The molecule has 0 aliphatic heterocycles. The molecule has 0 atom stereocenters. The molecule has 4 nitrogen and oxygen atoms in total. The molecule has 0 unspecified atom stereocenters. The van der Waals surface area contributed by atoms with Gasteiger partial charge < -0.3 is 15.2 Å². The van der Waals surface area contributed by atoms with Crippen LogP contribution in [0.3, 0.4) is 0 Å². The standard InChI is InChI=1S/C16H17ClN2O2/c1-20-16-15(7-13(18)8-19-16)11-4-12(17)6-14(5-11)21-9-10-2-3-10/h4-8,10H,2-3,9,18H2,1H3. The van der Waals surface area contributed by atoms with E-state index in [-0.39, 0.29) is 0 Å². The Labute approximate surface area is 128 Å². The van der Waals surface area contributed by atoms with Gasteiger partial charge in [0, 0.05) is 10.6 Å². The number of nitrogen functional groups attached to an aromatic ring is 1. The summed E-state index contributed by atoms with van der Waals surface area (Å²) in [6.45, 7) is 0.742. The number of hydrogen-bond acceptors (Lipinski definition) is 4. The van der Waals surface area contributed by atoms with Gasteiger partial charge in [-0.3, -0.25) is 0 Å². The second kappa shape index (κ2) is 5.82. The van der Waals surface area contributed by atoms with Crippen LogP contribution >= 0.6 is 11.6 Å². The summed E-state index contributed by atoms with van der Waals surface area (Å²) in [6.07, 6.45) is 4.07. The highest BCUT2D eigenvalue weighted by molar-refractivity contribution is 6.31. The molecule has 1 aliphatic rings. The van der Waals surface area contributed by atoms with Crippen LogP contribution in [0.5, 0.6) is 11.6 Å². The predicted molar refractivity (Wildman–Crippen MR) is 83.9 cm³/mol. The zero-order valence-electron chi connectivity index (χ0n) is 11.8. The second-order valence-corrected chi connectivity index (χ2v) is 5.69. The van der Waals surface area contributed by atoms with E-state index in [1.165, 1.54) is 12.8 Å². The van der Waals surface area contributed by atoms with Crippen LogP contribution in [0.25, 0.3) is 11.1 Å². The van der Waals surface area contributed by atoms with E-state index < -0.39 is 0 Å². The maximum atomic E-state index is 6.19. The van der Waals surface area contributed by atoms with Gasteiger partial charge in [0.2, 0.25) is 5.88 Å². The minimum Gasteiger partial charge on any atom is -0.493 e. The first kappa shape index (κ1) is 14.0. The highest BCUT2D eigenvalue weighted by Gasteiger charge is 2.22. The van der Waals surface area contributed by atoms with Crippen molar-refractivity contribution in [2.75, 3.05) is 19.5 Å². The maximum absolute atomic E-state index is 6.19. The molecule has 2 N–H and O–H groups in total. The summed E-state index contributed by atoms with van der Waals surface area (Å²) in [4.78, 5) is 4.19. The third-order valence-corrected chi connectivity index (χ3v) is 3.65. The monoisotopic (exact) mass is 304 g/mol. The normalized spacial score (nSPS) is 14.0. The molecule has 1 aromatic carbocycles. The minimum absolute atomic E-state index is 0.514. The molecule has 1 aliphatic carbocycles. The van der Waals surface area contributed by atoms with Crippen molar-refractivity contribution >= 4 is 17.3 Å². The fourth-order valence-electron chi connectivity index (χ4n) is 2.14. The van der Waals surface area contributed by atoms with Crippen molar-refractivity contribution in [3.8, 4) is 22.8 Å². The summed E-state index contributed by atoms with van der Waals surface area (Å²) in [6, 6.07) is 7.43. The van der Waals surface area contributed by atoms with Crippen molar-refractivity contribution in [1.29, 1.82) is 0 Å². The van der Waals surface area contributed by atoms with Crippen molar-refractivity contribution in [1.82, 2.24) is 4.98 Å². The molecule has 0 spiro atoms. The number of rotatable bonds is 5. The quantitative estimate of drug-likeness (QED) is 0.913. The van der Waals surface area contributed by atoms with Crippen molar-refractivity contribution in [3.05, 3.63) is 35.5 Å². The Morgan fingerprint density at radius 3 is 2.81 bits per heavy atom. The fraction of sp³-hybridized carbons (Fsp3) is 0.312. The van der Waals surface area contributed by atoms with Crippen molar-refractivity contribution in [3.63, 3.8) is 0 Å². The SMILES string of the molecule is COc1ncc(N)cc1-c1cc(Cl)cc(OCC2CC2)c1. The molecule has 1 saturated carbocycles. The fourth-order valence-corrected chi connectivity index (χ4v) is 2.36. The third-order valence-electron chi connectivity index (χ3n) is 3.43. The van der Waals surface area contributed by atoms with Gasteiger partial charge in [0.1, 0.15) is 5.75 Å². The summed E-state index contributed by atoms with van der Waals surface area (Å²) in [7, 11) is 1.58. The van der Waals surface area contributed by atoms with Crippen LogP contribution in [0.4, 0.5) is 5.69 Å². The molecular formula is C16H17ClN2O2. The molecule has 5 heteroatoms. The van der Waals surface area contributed by atoms with Crippen molar-refractivity contribution < 1.29 is 9.47 Å². The number of benzene rings is 1. The van der Waals surface area contributed by atoms with Crippen LogP contribution in [-0.4, -0.2) is 18.7 Å². The highest BCUT2D eigenvalue weighted by Crippen LogP contribution is 2.35. The van der Waals surface area contributed by atoms with Crippen LogP contribution in [-0.2, 0) is 0 Å². The Hall–Kier alpha value is -1.94. The number of nitrogens with two attached hydrogens (primary N) is 1. The van der Waals surface area contributed by atoms with Gasteiger partial charge in [0.15, 0.2) is 0 Å². The first-order chi connectivity index (χ1) is 10.2. The second-order valence-electron chi connectivity index (χ2n) is 5.26. The highest BCUT2D eigenvalue weighted by atomic mass is 35.5. The van der Waals surface area contributed by atoms with Crippen LogP contribution in [0.1, 0.15) is 12.8 Å². The van der Waals surface area contributed by atoms with E-state index in [1.807, 2.05) is 24.3 Å². The van der Waals surface area contributed by atoms with Gasteiger partial charge >= 0.3 is 0 Å². The number of aromatic nitrogens is 1. The van der Waals surface area contributed by atoms with Gasteiger partial charge in [0.05, 0.1) is 25.6 Å². The van der Waals surface area contributed by atoms with Gasteiger partial charge in [-0.1, -0.05) is 11.6 Å². The van der Waals surface area contributed by atoms with Crippen molar-refractivity contribution in [2.24, 2.45) is 5.92 Å². The summed E-state index contributed by atoms with van der Waals surface area (Å²) in [5.41, 5.74) is 8.08. The smallest absolute Gasteiger partial charge is 0.221 e. The predicted octanol–water partition coefficient (Wildman–Crippen LogP) is 3.78. The maximum Gasteiger partial charge on any atom is 0.221 e. The van der Waals surface area contributed by atoms with Crippen LogP contribution in [0.2, 0.25) is 5.02 Å². The van der Waals surface area contributed by atoms with E-state index in [0.717, 1.165) is 23.5 Å². The van der Waals surface area contributed by atoms with E-state index in [0.29, 0.717) is 22.5 Å². The third kappa shape index (κ3) is 3.39. The first-order valence-corrected chi connectivity index (χ1v) is 7.27. The molecule has 0 amide bonds. The number of anilines is 1. The molecular weight excluding hydrogens is 288 g/mol. The number of nitrogens with zero attached hydrogens (tertiary/aromatic N) is 1. The molecule has 1 fully saturated rings. The summed E-state index contributed by atoms with van der Waals surface area (Å²) in [5, 5.41) is 0.614. The topological polar surface area (TPSA) is 57.4 Å². The number of ether oxygens (including phenoxy) is 2. The van der Waals surface area contributed by atoms with Gasteiger partial charge in [0.25, 0.3) is 0 Å². The molecule has 0 saturated heterocycles. The minimum atomic E-state index is 0.514. The van der Waals surface area contributed by atoms with Crippen molar-refractivity contribution in [2.45, 2.75) is 12.8 Å². The Morgan fingerprint density at radius 1 is 1.29 bits per heavy atom. The summed E-state index contributed by atoms with van der Waals surface area (Å²) >= 11 is 6.19. The Morgan fingerprint density at radius 2 is 2.10 bits per heavy atom. The Kier molecular flexibility index (Phi) is 3.88. The van der Waals surface area contributed by atoms with E-state index in [1.54, 1.807) is 13.3 Å². The van der Waals surface area contributed by atoms with Gasteiger partial charge in [-0.15, -0.1) is 0 Å². The lowest BCUT2D eigenvalue weighted by molar-refractivity contribution is 0.300. The van der Waals surface area contributed by atoms with Crippen LogP contribution in [0, 0.1) is 5.92 Å². The average molecular weight is 305 g/mol. The van der Waals surface area contributed by atoms with Gasteiger partial charge in [-0.05, 0) is 48.6 Å². The molecule has 1 heterocycles. The zero-order chi connectivity index (χ0) is 14.8. The van der Waals surface area contributed by atoms with Crippen LogP contribution < -0.4 is 15.2 Å². The van der Waals surface area contributed by atoms with E-state index in [4.69, 9.17) is 26.8 Å². The number of methoxy groups -OCH3 is 1. The number of pyridine rings is 1. The van der Waals surface area contributed by atoms with E-state index in [2.05, 4.69) is 4.98 Å². The Bertz CT molecular complexity index is 657. The lowest BCUT2D eigenvalue weighted by Gasteiger charge is -2.11. The number of halogens is 1. The average Bonchev–Trinajstić information content (AvgIpc) is 3.29. The molecule has 0 bridgehead atoms. The molecule has 0 radical (unpaired) electrons. The number of hydrogen-bond donors (Lipinski definition) is 1. The lowest BCUT2D eigenvalue weighted by atomic mass is 10.1. The van der Waals surface area contributed by atoms with Gasteiger partial charge in [-0.2, -0.15) is 0 Å². The zero-order valence-corrected chi connectivity index (χ0v) is 12.6. The molecule has 110 valence electrons. The summed E-state index contributed by atoms with van der Waals surface area (Å²) in [5.74, 6) is 1.96.